The van der Waals surface area contributed by atoms with Gasteiger partial charge in [0.2, 0.25) is 5.91 Å². The Hall–Kier alpha value is -1.35. The molecule has 0 aromatic heterocycles. The zero-order chi connectivity index (χ0) is 19.9. The second-order valence-corrected chi connectivity index (χ2v) is 11.8. The van der Waals surface area contributed by atoms with Crippen molar-refractivity contribution in [1.82, 2.24) is 5.32 Å². The van der Waals surface area contributed by atoms with Crippen molar-refractivity contribution in [2.45, 2.75) is 82.6 Å². The molecule has 5 aliphatic rings. The Kier molecular flexibility index (Phi) is 3.73. The lowest BCUT2D eigenvalue weighted by Gasteiger charge is -2.66. The summed E-state index contributed by atoms with van der Waals surface area (Å²) in [4.78, 5) is 13.7. The second kappa shape index (κ2) is 5.87. The molecule has 1 aromatic carbocycles. The van der Waals surface area contributed by atoms with Crippen LogP contribution < -0.4 is 11.1 Å². The van der Waals surface area contributed by atoms with Gasteiger partial charge in [-0.05, 0) is 99.0 Å². The van der Waals surface area contributed by atoms with Crippen LogP contribution in [-0.4, -0.2) is 18.5 Å². The average molecular weight is 393 g/mol. The first-order chi connectivity index (χ1) is 13.9. The van der Waals surface area contributed by atoms with Gasteiger partial charge in [-0.2, -0.15) is 0 Å². The van der Waals surface area contributed by atoms with Gasteiger partial charge in [-0.15, -0.1) is 0 Å². The quantitative estimate of drug-likeness (QED) is 0.790. The van der Waals surface area contributed by atoms with Crippen molar-refractivity contribution in [2.24, 2.45) is 33.8 Å². The van der Waals surface area contributed by atoms with Crippen LogP contribution in [-0.2, 0) is 10.2 Å². The third-order valence-corrected chi connectivity index (χ3v) is 10.4. The summed E-state index contributed by atoms with van der Waals surface area (Å²) < 4.78 is 0. The number of hydrogen-bond acceptors (Lipinski definition) is 2. The maximum Gasteiger partial charge on any atom is 0.226 e. The van der Waals surface area contributed by atoms with Crippen molar-refractivity contribution >= 4 is 5.91 Å². The Morgan fingerprint density at radius 3 is 2.52 bits per heavy atom. The molecule has 5 atom stereocenters. The van der Waals surface area contributed by atoms with Crippen molar-refractivity contribution in [3.8, 4) is 0 Å². The third kappa shape index (κ3) is 2.21. The monoisotopic (exact) mass is 392 g/mol. The summed E-state index contributed by atoms with van der Waals surface area (Å²) in [7, 11) is 0. The van der Waals surface area contributed by atoms with Crippen molar-refractivity contribution in [3.05, 3.63) is 35.9 Å². The predicted molar refractivity (Wildman–Crippen MR) is 115 cm³/mol. The molecule has 5 fully saturated rings. The highest BCUT2D eigenvalue weighted by Gasteiger charge is 2.83. The van der Waals surface area contributed by atoms with E-state index in [0.717, 1.165) is 44.6 Å². The van der Waals surface area contributed by atoms with Gasteiger partial charge in [0.25, 0.3) is 0 Å². The maximum absolute atomic E-state index is 13.7. The van der Waals surface area contributed by atoms with Gasteiger partial charge in [0.1, 0.15) is 0 Å². The van der Waals surface area contributed by atoms with Crippen LogP contribution in [0.3, 0.4) is 0 Å². The fourth-order valence-electron chi connectivity index (χ4n) is 9.54. The van der Waals surface area contributed by atoms with E-state index in [2.05, 4.69) is 42.6 Å². The van der Waals surface area contributed by atoms with Crippen molar-refractivity contribution in [1.29, 1.82) is 0 Å². The van der Waals surface area contributed by atoms with E-state index in [4.69, 9.17) is 5.73 Å². The van der Waals surface area contributed by atoms with Crippen molar-refractivity contribution in [3.63, 3.8) is 0 Å². The molecule has 6 rings (SSSR count). The number of amides is 1. The van der Waals surface area contributed by atoms with Gasteiger partial charge in [0.05, 0.1) is 5.41 Å². The number of benzene rings is 1. The maximum atomic E-state index is 13.7. The van der Waals surface area contributed by atoms with E-state index in [1.807, 2.05) is 0 Å². The molecule has 0 radical (unpaired) electrons. The molecule has 3 bridgehead atoms. The molecule has 156 valence electrons. The summed E-state index contributed by atoms with van der Waals surface area (Å²) in [6.45, 7) is 3.32. The molecule has 29 heavy (non-hydrogen) atoms. The zero-order valence-corrected chi connectivity index (χ0v) is 17.9. The normalized spacial score (nSPS) is 49.5. The van der Waals surface area contributed by atoms with Gasteiger partial charge >= 0.3 is 0 Å². The number of hydrogen-bond donors (Lipinski definition) is 2. The molecule has 5 saturated carbocycles. The van der Waals surface area contributed by atoms with E-state index in [9.17, 15) is 4.79 Å². The molecule has 3 unspecified atom stereocenters. The Morgan fingerprint density at radius 2 is 1.79 bits per heavy atom. The zero-order valence-electron chi connectivity index (χ0n) is 17.9. The number of fused-ring (bicyclic) bond motifs is 2. The summed E-state index contributed by atoms with van der Waals surface area (Å²) in [6.07, 6.45) is 11.9. The first-order valence-corrected chi connectivity index (χ1v) is 12.0. The van der Waals surface area contributed by atoms with Crippen LogP contribution in [0.2, 0.25) is 0 Å². The van der Waals surface area contributed by atoms with Crippen LogP contribution in [0.15, 0.2) is 30.3 Å². The molecule has 3 N–H and O–H groups in total. The van der Waals surface area contributed by atoms with E-state index in [-0.39, 0.29) is 5.41 Å². The van der Waals surface area contributed by atoms with E-state index >= 15 is 0 Å². The minimum atomic E-state index is -0.102. The minimum Gasteiger partial charge on any atom is -0.353 e. The van der Waals surface area contributed by atoms with Crippen molar-refractivity contribution < 1.29 is 4.79 Å². The highest BCUT2D eigenvalue weighted by molar-refractivity contribution is 5.84. The third-order valence-electron chi connectivity index (χ3n) is 10.4. The second-order valence-electron chi connectivity index (χ2n) is 11.8. The Labute approximate surface area is 175 Å². The lowest BCUT2D eigenvalue weighted by Crippen LogP contribution is -2.61. The van der Waals surface area contributed by atoms with E-state index in [1.165, 1.54) is 32.1 Å². The number of nitrogens with one attached hydrogen (secondary N) is 1. The van der Waals surface area contributed by atoms with Gasteiger partial charge in [0.15, 0.2) is 0 Å². The molecule has 1 amide bonds. The van der Waals surface area contributed by atoms with Crippen LogP contribution in [0.1, 0.15) is 76.7 Å². The van der Waals surface area contributed by atoms with Crippen molar-refractivity contribution in [2.75, 3.05) is 6.54 Å². The van der Waals surface area contributed by atoms with Crippen LogP contribution in [0.5, 0.6) is 0 Å². The topological polar surface area (TPSA) is 55.1 Å². The van der Waals surface area contributed by atoms with Crippen LogP contribution in [0.4, 0.5) is 0 Å². The molecular formula is C26H36N2O. The molecule has 3 nitrogen and oxygen atoms in total. The number of nitrogens with two attached hydrogens (primary N) is 1. The molecule has 5 aliphatic carbocycles. The Balaban J connectivity index is 1.27. The summed E-state index contributed by atoms with van der Waals surface area (Å²) >= 11 is 0. The first-order valence-electron chi connectivity index (χ1n) is 12.0. The van der Waals surface area contributed by atoms with Crippen LogP contribution in [0, 0.1) is 28.1 Å². The summed E-state index contributed by atoms with van der Waals surface area (Å²) in [6, 6.07) is 11.7. The number of carbonyl (C=O) groups is 1. The summed E-state index contributed by atoms with van der Waals surface area (Å²) in [5.74, 6) is 1.79. The standard InChI is InChI=1S/C26H36N2O/c1-23-15-24(22(29)28-21-9-7-18(14-27)8-10-21)11-19-12-25(16-23,26(23,13-19)17-24)20-5-3-2-4-6-20/h2-6,18-19,21H,7-17,27H2,1H3,(H,28,29)/t18-,19?,21-,23-,24?,25-,26?/m1/s1. The van der Waals surface area contributed by atoms with E-state index in [1.54, 1.807) is 5.56 Å². The average Bonchev–Trinajstić information content (AvgIpc) is 3.02. The number of carbonyl (C=O) groups excluding carboxylic acids is 1. The van der Waals surface area contributed by atoms with Gasteiger partial charge in [-0.3, -0.25) is 4.79 Å². The van der Waals surface area contributed by atoms with E-state index in [0.29, 0.717) is 34.1 Å². The smallest absolute Gasteiger partial charge is 0.226 e. The largest absolute Gasteiger partial charge is 0.353 e. The van der Waals surface area contributed by atoms with Gasteiger partial charge in [0, 0.05) is 11.5 Å². The lowest BCUT2D eigenvalue weighted by molar-refractivity contribution is -0.134. The molecule has 1 spiro atoms. The van der Waals surface area contributed by atoms with Gasteiger partial charge < -0.3 is 11.1 Å². The lowest BCUT2D eigenvalue weighted by atomic mass is 9.38. The summed E-state index contributed by atoms with van der Waals surface area (Å²) in [5, 5.41) is 3.55. The molecular weight excluding hydrogens is 356 g/mol. The highest BCUT2D eigenvalue weighted by atomic mass is 16.2. The number of rotatable bonds is 4. The molecule has 0 heterocycles. The fourth-order valence-corrected chi connectivity index (χ4v) is 9.54. The highest BCUT2D eigenvalue weighted by Crippen LogP contribution is 2.88. The molecule has 1 aromatic rings. The van der Waals surface area contributed by atoms with E-state index < -0.39 is 0 Å². The first kappa shape index (κ1) is 18.4. The van der Waals surface area contributed by atoms with Gasteiger partial charge in [-0.25, -0.2) is 0 Å². The summed E-state index contributed by atoms with van der Waals surface area (Å²) in [5.41, 5.74) is 8.36. The SMILES string of the molecule is C[C@]12CC3(C(=O)N[C@H]4CC[C@H](CN)CC4)CC4CC1(C3)[C@](c1ccccc1)(C4)C2. The Morgan fingerprint density at radius 1 is 1.03 bits per heavy atom. The van der Waals surface area contributed by atoms with Crippen LogP contribution in [0.25, 0.3) is 0 Å². The molecule has 3 heteroatoms. The van der Waals surface area contributed by atoms with Crippen LogP contribution >= 0.6 is 0 Å². The fraction of sp³-hybridized carbons (Fsp3) is 0.731. The molecule has 0 saturated heterocycles. The minimum absolute atomic E-state index is 0.102. The Bertz CT molecular complexity index is 830. The molecule has 0 aliphatic heterocycles. The predicted octanol–water partition coefficient (Wildman–Crippen LogP) is 4.55. The van der Waals surface area contributed by atoms with Gasteiger partial charge in [-0.1, -0.05) is 37.3 Å².